The normalized spacial score (nSPS) is 29.9. The second-order valence-electron chi connectivity index (χ2n) is 3.38. The zero-order valence-corrected chi connectivity index (χ0v) is 8.39. The average Bonchev–Trinajstić information content (AvgIpc) is 2.09. The van der Waals surface area contributed by atoms with Gasteiger partial charge in [0.15, 0.2) is 0 Å². The quantitative estimate of drug-likeness (QED) is 0.695. The summed E-state index contributed by atoms with van der Waals surface area (Å²) in [5.74, 6) is 0. The molecule has 0 saturated heterocycles. The molecule has 0 heterocycles. The largest absolute Gasteiger partial charge is 0.326 e. The van der Waals surface area contributed by atoms with Crippen LogP contribution in [0.2, 0.25) is 0 Å². The first-order chi connectivity index (χ1) is 6.05. The maximum atomic E-state index is 11.1. The Balaban J connectivity index is 2.57. The Kier molecular flexibility index (Phi) is 3.47. The fraction of sp³-hybridized carbons (Fsp3) is 0.750. The summed E-state index contributed by atoms with van der Waals surface area (Å²) in [7, 11) is -3.32. The minimum absolute atomic E-state index is 0.0523. The highest BCUT2D eigenvalue weighted by Crippen LogP contribution is 2.17. The molecule has 1 aliphatic rings. The molecule has 1 rings (SSSR count). The lowest BCUT2D eigenvalue weighted by molar-refractivity contribution is 0.362. The van der Waals surface area contributed by atoms with Crippen molar-refractivity contribution in [3.05, 3.63) is 12.0 Å². The highest BCUT2D eigenvalue weighted by Gasteiger charge is 2.24. The van der Waals surface area contributed by atoms with Crippen LogP contribution in [0.25, 0.3) is 0 Å². The summed E-state index contributed by atoms with van der Waals surface area (Å²) in [5, 5.41) is 0.925. The Morgan fingerprint density at radius 2 is 2.00 bits per heavy atom. The lowest BCUT2D eigenvalue weighted by atomic mass is 9.92. The van der Waals surface area contributed by atoms with E-state index in [0.717, 1.165) is 31.1 Å². The maximum Gasteiger partial charge on any atom is 0.233 e. The first kappa shape index (κ1) is 10.7. The monoisotopic (exact) mass is 204 g/mol. The van der Waals surface area contributed by atoms with Crippen molar-refractivity contribution in [2.45, 2.75) is 37.8 Å². The van der Waals surface area contributed by atoms with Crippen LogP contribution >= 0.6 is 0 Å². The van der Waals surface area contributed by atoms with E-state index in [1.807, 2.05) is 0 Å². The van der Waals surface area contributed by atoms with Crippen molar-refractivity contribution in [3.63, 3.8) is 0 Å². The number of rotatable bonds is 3. The highest BCUT2D eigenvalue weighted by atomic mass is 32.2. The van der Waals surface area contributed by atoms with Gasteiger partial charge in [0.2, 0.25) is 10.0 Å². The predicted molar refractivity (Wildman–Crippen MR) is 52.5 cm³/mol. The standard InChI is InChI=1S/C8H16N2O2S/c1-2-13(11,12)10-8-6-4-3-5-7(8)9/h2,7-8,10H,1,3-6,9H2/t7-,8-/m1/s1. The first-order valence-electron chi connectivity index (χ1n) is 4.45. The van der Waals surface area contributed by atoms with Crippen LogP contribution in [0, 0.1) is 0 Å². The summed E-state index contributed by atoms with van der Waals surface area (Å²) in [6.45, 7) is 3.23. The van der Waals surface area contributed by atoms with Crippen LogP contribution in [-0.4, -0.2) is 20.5 Å². The van der Waals surface area contributed by atoms with E-state index < -0.39 is 10.0 Å². The first-order valence-corrected chi connectivity index (χ1v) is 6.00. The van der Waals surface area contributed by atoms with Gasteiger partial charge in [0.25, 0.3) is 0 Å². The lowest BCUT2D eigenvalue weighted by Gasteiger charge is -2.28. The molecule has 2 atom stereocenters. The molecule has 3 N–H and O–H groups in total. The fourth-order valence-electron chi connectivity index (χ4n) is 1.56. The van der Waals surface area contributed by atoms with Crippen molar-refractivity contribution in [1.82, 2.24) is 4.72 Å². The highest BCUT2D eigenvalue weighted by molar-refractivity contribution is 7.92. The van der Waals surface area contributed by atoms with Crippen LogP contribution in [0.1, 0.15) is 25.7 Å². The number of nitrogens with two attached hydrogens (primary N) is 1. The molecule has 0 radical (unpaired) electrons. The zero-order valence-electron chi connectivity index (χ0n) is 7.57. The van der Waals surface area contributed by atoms with E-state index in [4.69, 9.17) is 5.73 Å². The van der Waals surface area contributed by atoms with Crippen LogP contribution in [0.4, 0.5) is 0 Å². The molecule has 0 aromatic rings. The molecule has 1 fully saturated rings. The van der Waals surface area contributed by atoms with Gasteiger partial charge in [-0.1, -0.05) is 19.4 Å². The van der Waals surface area contributed by atoms with Crippen LogP contribution in [0.3, 0.4) is 0 Å². The number of hydrogen-bond donors (Lipinski definition) is 2. The molecule has 5 heteroatoms. The Morgan fingerprint density at radius 3 is 2.54 bits per heavy atom. The minimum atomic E-state index is -3.32. The molecular weight excluding hydrogens is 188 g/mol. The van der Waals surface area contributed by atoms with Gasteiger partial charge in [-0.25, -0.2) is 13.1 Å². The Labute approximate surface area is 79.2 Å². The van der Waals surface area contributed by atoms with Crippen LogP contribution in [-0.2, 0) is 10.0 Å². The molecule has 0 aromatic carbocycles. The third-order valence-corrected chi connectivity index (χ3v) is 3.42. The summed E-state index contributed by atoms with van der Waals surface area (Å²) >= 11 is 0. The van der Waals surface area contributed by atoms with Gasteiger partial charge >= 0.3 is 0 Å². The average molecular weight is 204 g/mol. The fourth-order valence-corrected chi connectivity index (χ4v) is 2.38. The van der Waals surface area contributed by atoms with Crippen molar-refractivity contribution in [3.8, 4) is 0 Å². The van der Waals surface area contributed by atoms with E-state index in [9.17, 15) is 8.42 Å². The van der Waals surface area contributed by atoms with E-state index >= 15 is 0 Å². The van der Waals surface area contributed by atoms with E-state index in [1.165, 1.54) is 0 Å². The third kappa shape index (κ3) is 3.10. The number of hydrogen-bond acceptors (Lipinski definition) is 3. The minimum Gasteiger partial charge on any atom is -0.326 e. The summed E-state index contributed by atoms with van der Waals surface area (Å²) < 4.78 is 24.8. The maximum absolute atomic E-state index is 11.1. The number of nitrogens with one attached hydrogen (secondary N) is 1. The van der Waals surface area contributed by atoms with Gasteiger partial charge in [0.05, 0.1) is 0 Å². The Hall–Kier alpha value is -0.390. The zero-order chi connectivity index (χ0) is 9.90. The van der Waals surface area contributed by atoms with Gasteiger partial charge in [-0.2, -0.15) is 0 Å². The van der Waals surface area contributed by atoms with E-state index in [0.29, 0.717) is 0 Å². The predicted octanol–water partition coefficient (Wildman–Crippen LogP) is 0.319. The smallest absolute Gasteiger partial charge is 0.233 e. The molecule has 13 heavy (non-hydrogen) atoms. The van der Waals surface area contributed by atoms with E-state index in [1.54, 1.807) is 0 Å². The van der Waals surface area contributed by atoms with Crippen molar-refractivity contribution in [2.75, 3.05) is 0 Å². The van der Waals surface area contributed by atoms with Gasteiger partial charge in [-0.05, 0) is 12.8 Å². The van der Waals surface area contributed by atoms with Gasteiger partial charge in [-0.3, -0.25) is 0 Å². The van der Waals surface area contributed by atoms with E-state index in [-0.39, 0.29) is 12.1 Å². The van der Waals surface area contributed by atoms with E-state index in [2.05, 4.69) is 11.3 Å². The summed E-state index contributed by atoms with van der Waals surface area (Å²) in [6, 6.07) is -0.166. The van der Waals surface area contributed by atoms with Crippen LogP contribution < -0.4 is 10.5 Å². The summed E-state index contributed by atoms with van der Waals surface area (Å²) in [5.41, 5.74) is 5.78. The van der Waals surface area contributed by atoms with Crippen molar-refractivity contribution >= 4 is 10.0 Å². The molecule has 0 aliphatic heterocycles. The van der Waals surface area contributed by atoms with Gasteiger partial charge in [0.1, 0.15) is 0 Å². The molecule has 4 nitrogen and oxygen atoms in total. The van der Waals surface area contributed by atoms with Crippen molar-refractivity contribution in [2.24, 2.45) is 5.73 Å². The molecule has 0 aromatic heterocycles. The molecule has 0 bridgehead atoms. The molecule has 0 spiro atoms. The van der Waals surface area contributed by atoms with Gasteiger partial charge in [-0.15, -0.1) is 0 Å². The lowest BCUT2D eigenvalue weighted by Crippen LogP contribution is -2.48. The Bertz CT molecular complexity index is 274. The molecule has 76 valence electrons. The second kappa shape index (κ2) is 4.21. The van der Waals surface area contributed by atoms with Gasteiger partial charge in [0, 0.05) is 17.5 Å². The molecule has 1 saturated carbocycles. The Morgan fingerprint density at radius 1 is 1.38 bits per heavy atom. The molecule has 0 unspecified atom stereocenters. The van der Waals surface area contributed by atoms with Gasteiger partial charge < -0.3 is 5.73 Å². The third-order valence-electron chi connectivity index (χ3n) is 2.35. The summed E-state index contributed by atoms with van der Waals surface area (Å²) in [6.07, 6.45) is 3.85. The summed E-state index contributed by atoms with van der Waals surface area (Å²) in [4.78, 5) is 0. The molecular formula is C8H16N2O2S. The molecule has 0 amide bonds. The molecule has 1 aliphatic carbocycles. The van der Waals surface area contributed by atoms with Crippen LogP contribution in [0.15, 0.2) is 12.0 Å². The van der Waals surface area contributed by atoms with Crippen LogP contribution in [0.5, 0.6) is 0 Å². The van der Waals surface area contributed by atoms with Crippen molar-refractivity contribution < 1.29 is 8.42 Å². The topological polar surface area (TPSA) is 72.2 Å². The SMILES string of the molecule is C=CS(=O)(=O)N[C@@H]1CCCC[C@H]1N. The van der Waals surface area contributed by atoms with Crippen molar-refractivity contribution in [1.29, 1.82) is 0 Å². The number of sulfonamides is 1. The second-order valence-corrected chi connectivity index (χ2v) is 5.04.